The molecule has 0 saturated carbocycles. The van der Waals surface area contributed by atoms with E-state index in [1.54, 1.807) is 0 Å². The second kappa shape index (κ2) is 21.5. The van der Waals surface area contributed by atoms with Crippen LogP contribution in [0.15, 0.2) is 182 Å². The second-order valence-electron chi connectivity index (χ2n) is 10.0. The molecule has 0 aliphatic rings. The van der Waals surface area contributed by atoms with Crippen molar-refractivity contribution in [2.45, 2.75) is 0 Å². The molecule has 7 heteroatoms. The van der Waals surface area contributed by atoms with Gasteiger partial charge in [-0.25, -0.2) is 0 Å². The Balaban J connectivity index is 0.000000774. The van der Waals surface area contributed by atoms with Crippen LogP contribution in [0.4, 0.5) is 0 Å². The Kier molecular flexibility index (Phi) is 20.8. The zero-order valence-corrected chi connectivity index (χ0v) is 34.2. The van der Waals surface area contributed by atoms with Crippen LogP contribution in [0.2, 0.25) is 0 Å². The number of benzene rings is 6. The molecule has 0 atom stereocenters. The van der Waals surface area contributed by atoms with E-state index in [1.165, 1.54) is 31.8 Å². The van der Waals surface area contributed by atoms with Crippen molar-refractivity contribution in [1.82, 2.24) is 0 Å². The van der Waals surface area contributed by atoms with E-state index in [0.717, 1.165) is 0 Å². The van der Waals surface area contributed by atoms with E-state index in [1.807, 2.05) is 0 Å². The molecule has 0 fully saturated rings. The van der Waals surface area contributed by atoms with E-state index in [4.69, 9.17) is 0 Å². The molecule has 0 aliphatic carbocycles. The summed E-state index contributed by atoms with van der Waals surface area (Å²) in [6.07, 6.45) is 0. The van der Waals surface area contributed by atoms with Crippen LogP contribution in [0.25, 0.3) is 0 Å². The summed E-state index contributed by atoms with van der Waals surface area (Å²) in [5, 5.41) is 8.57. The molecule has 6 aromatic carbocycles. The molecule has 0 unspecified atom stereocenters. The Morgan fingerprint density at radius 1 is 0.244 bits per heavy atom. The quantitative estimate of drug-likeness (QED) is 0.148. The average Bonchev–Trinajstić information content (AvgIpc) is 3.07. The van der Waals surface area contributed by atoms with Crippen LogP contribution in [-0.2, 0) is 16.8 Å². The Morgan fingerprint density at radius 2 is 0.356 bits per heavy atom. The first-order valence-corrected chi connectivity index (χ1v) is 18.2. The third kappa shape index (κ3) is 10.3. The van der Waals surface area contributed by atoms with Crippen LogP contribution in [-0.4, -0.2) is 13.3 Å². The van der Waals surface area contributed by atoms with E-state index < -0.39 is 14.5 Å². The van der Waals surface area contributed by atoms with E-state index >= 15 is 0 Å². The van der Waals surface area contributed by atoms with Gasteiger partial charge in [-0.05, 0) is 72.8 Å². The van der Waals surface area contributed by atoms with Crippen molar-refractivity contribution in [1.29, 1.82) is 0 Å². The molecule has 0 spiro atoms. The minimum atomic E-state index is -1.53. The van der Waals surface area contributed by atoms with Crippen molar-refractivity contribution < 1.29 is 84.7 Å². The fourth-order valence-corrected chi connectivity index (χ4v) is 11.7. The van der Waals surface area contributed by atoms with E-state index in [9.17, 15) is 0 Å². The third-order valence-corrected chi connectivity index (χ3v) is 15.6. The summed E-state index contributed by atoms with van der Waals surface area (Å²) in [6.45, 7) is 4.82. The summed E-state index contributed by atoms with van der Waals surface area (Å²) in [4.78, 5) is 0. The molecular formula is C38H36Br4CoP2. The summed E-state index contributed by atoms with van der Waals surface area (Å²) < 4.78 is 0. The van der Waals surface area contributed by atoms with Crippen LogP contribution in [0.5, 0.6) is 0 Å². The third-order valence-electron chi connectivity index (χ3n) is 7.64. The topological polar surface area (TPSA) is 0 Å². The predicted octanol–water partition coefficient (Wildman–Crippen LogP) is -4.77. The molecular weight excluding hydrogens is 897 g/mol. The van der Waals surface area contributed by atoms with Gasteiger partial charge >= 0.3 is 16.8 Å². The zero-order chi connectivity index (χ0) is 27.7. The smallest absolute Gasteiger partial charge is 1.00 e. The summed E-state index contributed by atoms with van der Waals surface area (Å²) in [6, 6.07) is 65.3. The largest absolute Gasteiger partial charge is 2.00 e. The molecule has 0 N–H and O–H groups in total. The van der Waals surface area contributed by atoms with E-state index in [2.05, 4.69) is 195 Å². The molecule has 0 saturated heterocycles. The van der Waals surface area contributed by atoms with Crippen LogP contribution in [0.3, 0.4) is 0 Å². The van der Waals surface area contributed by atoms with Gasteiger partial charge in [0.25, 0.3) is 0 Å². The van der Waals surface area contributed by atoms with Gasteiger partial charge in [0.15, 0.2) is 0 Å². The number of hydrogen-bond acceptors (Lipinski definition) is 0. The Labute approximate surface area is 323 Å². The maximum Gasteiger partial charge on any atom is 2.00 e. The Hall–Kier alpha value is -1.39. The van der Waals surface area contributed by atoms with Gasteiger partial charge in [0, 0.05) is 0 Å². The van der Waals surface area contributed by atoms with Crippen LogP contribution in [0, 0.1) is 0 Å². The molecule has 235 valence electrons. The van der Waals surface area contributed by atoms with Gasteiger partial charge < -0.3 is 67.9 Å². The fourth-order valence-electron chi connectivity index (χ4n) is 5.25. The maximum atomic E-state index is 2.41. The van der Waals surface area contributed by atoms with Crippen molar-refractivity contribution in [2.75, 3.05) is 13.3 Å². The van der Waals surface area contributed by atoms with E-state index in [0.29, 0.717) is 0 Å². The molecule has 6 rings (SSSR count). The molecule has 0 heterocycles. The van der Waals surface area contributed by atoms with Crippen molar-refractivity contribution in [2.24, 2.45) is 0 Å². The van der Waals surface area contributed by atoms with Crippen LogP contribution >= 0.6 is 14.5 Å². The average molecular weight is 933 g/mol. The van der Waals surface area contributed by atoms with Gasteiger partial charge in [-0.1, -0.05) is 109 Å². The first kappa shape index (κ1) is 43.6. The molecule has 0 aromatic heterocycles. The first-order chi connectivity index (χ1) is 19.6. The molecule has 45 heavy (non-hydrogen) atoms. The monoisotopic (exact) mass is 929 g/mol. The summed E-state index contributed by atoms with van der Waals surface area (Å²) in [5.41, 5.74) is 0. The van der Waals surface area contributed by atoms with Crippen LogP contribution < -0.4 is 99.8 Å². The van der Waals surface area contributed by atoms with Gasteiger partial charge in [0.2, 0.25) is 0 Å². The molecule has 0 nitrogen and oxygen atoms in total. The maximum absolute atomic E-state index is 2.41. The standard InChI is InChI=1S/2C19H18P.4BrH.Co/c2*1-20(17-11-5-2-6-12-17,18-13-7-3-8-14-18)19-15-9-4-10-16-19;;;;;/h2*2-16H,1H3;4*1H;/q2*+1;;;;;+2/p-4. The minimum Gasteiger partial charge on any atom is -1.00 e. The fraction of sp³-hybridized carbons (Fsp3) is 0.0526. The SMILES string of the molecule is C[P+](c1ccccc1)(c1ccccc1)c1ccccc1.C[P+](c1ccccc1)(c1ccccc1)c1ccccc1.[Br-].[Br-].[Br-].[Br-].[Co+2]. The Morgan fingerprint density at radius 3 is 0.467 bits per heavy atom. The summed E-state index contributed by atoms with van der Waals surface area (Å²) in [7, 11) is -3.05. The molecule has 0 bridgehead atoms. The summed E-state index contributed by atoms with van der Waals surface area (Å²) >= 11 is 0. The van der Waals surface area contributed by atoms with Crippen molar-refractivity contribution in [3.63, 3.8) is 0 Å². The van der Waals surface area contributed by atoms with Crippen molar-refractivity contribution in [3.05, 3.63) is 182 Å². The van der Waals surface area contributed by atoms with Gasteiger partial charge in [0.05, 0.1) is 13.3 Å². The van der Waals surface area contributed by atoms with E-state index in [-0.39, 0.29) is 84.7 Å². The van der Waals surface area contributed by atoms with Gasteiger partial charge in [-0.15, -0.1) is 0 Å². The van der Waals surface area contributed by atoms with Gasteiger partial charge in [-0.2, -0.15) is 0 Å². The molecule has 0 amide bonds. The molecule has 6 aromatic rings. The predicted molar refractivity (Wildman–Crippen MR) is 182 cm³/mol. The van der Waals surface area contributed by atoms with Gasteiger partial charge in [0.1, 0.15) is 46.4 Å². The Bertz CT molecular complexity index is 1280. The molecule has 1 radical (unpaired) electrons. The minimum absolute atomic E-state index is 0. The van der Waals surface area contributed by atoms with Crippen molar-refractivity contribution >= 4 is 46.4 Å². The normalized spacial score (nSPS) is 10.0. The number of hydrogen-bond donors (Lipinski definition) is 0. The second-order valence-corrected chi connectivity index (χ2v) is 17.1. The van der Waals surface area contributed by atoms with Crippen molar-refractivity contribution in [3.8, 4) is 0 Å². The molecule has 0 aliphatic heterocycles. The first-order valence-electron chi connectivity index (χ1n) is 13.7. The van der Waals surface area contributed by atoms with Crippen LogP contribution in [0.1, 0.15) is 0 Å². The number of rotatable bonds is 6. The number of halogens is 4. The zero-order valence-electron chi connectivity index (χ0n) is 25.1. The van der Waals surface area contributed by atoms with Gasteiger partial charge in [-0.3, -0.25) is 0 Å². The summed E-state index contributed by atoms with van der Waals surface area (Å²) in [5.74, 6) is 0.